The summed E-state index contributed by atoms with van der Waals surface area (Å²) in [6.07, 6.45) is 0.957. The fraction of sp³-hybridized carbons (Fsp3) is 0.611. The molecule has 0 saturated carbocycles. The fourth-order valence-corrected chi connectivity index (χ4v) is 2.20. The number of nitrogens with one attached hydrogen (secondary N) is 2. The summed E-state index contributed by atoms with van der Waals surface area (Å²) in [6.45, 7) is 6.06. The molecule has 0 saturated heterocycles. The molecular formula is C18H32FIN4O2. The summed E-state index contributed by atoms with van der Waals surface area (Å²) in [5, 5.41) is 6.51. The highest BCUT2D eigenvalue weighted by Gasteiger charge is 2.06. The molecule has 6 nitrogen and oxygen atoms in total. The van der Waals surface area contributed by atoms with Crippen molar-refractivity contribution in [3.05, 3.63) is 30.1 Å². The number of guanidine groups is 1. The Kier molecular flexibility index (Phi) is 14.3. The van der Waals surface area contributed by atoms with E-state index in [0.717, 1.165) is 38.6 Å². The minimum Gasteiger partial charge on any atom is -0.489 e. The lowest BCUT2D eigenvalue weighted by atomic mass is 10.3. The molecule has 1 aromatic carbocycles. The molecule has 0 heterocycles. The minimum absolute atomic E-state index is 0. The topological polar surface area (TPSA) is 58.1 Å². The van der Waals surface area contributed by atoms with Crippen molar-refractivity contribution in [3.8, 4) is 5.75 Å². The third-order valence-corrected chi connectivity index (χ3v) is 3.61. The molecule has 8 heteroatoms. The summed E-state index contributed by atoms with van der Waals surface area (Å²) in [6, 6.07) is 6.02. The van der Waals surface area contributed by atoms with Crippen LogP contribution in [0.25, 0.3) is 0 Å². The smallest absolute Gasteiger partial charge is 0.191 e. The molecule has 0 aromatic heterocycles. The van der Waals surface area contributed by atoms with Crippen molar-refractivity contribution in [3.63, 3.8) is 0 Å². The van der Waals surface area contributed by atoms with Crippen LogP contribution in [0.3, 0.4) is 0 Å². The Bertz CT molecular complexity index is 502. The molecule has 0 aliphatic rings. The van der Waals surface area contributed by atoms with Gasteiger partial charge >= 0.3 is 0 Å². The molecule has 1 unspecified atom stereocenters. The summed E-state index contributed by atoms with van der Waals surface area (Å²) in [7, 11) is 5.55. The van der Waals surface area contributed by atoms with Gasteiger partial charge in [0, 0.05) is 40.4 Å². The number of hydrogen-bond donors (Lipinski definition) is 2. The number of hydrogen-bond acceptors (Lipinski definition) is 4. The molecule has 1 rings (SSSR count). The zero-order chi connectivity index (χ0) is 18.5. The first kappa shape index (κ1) is 24.9. The van der Waals surface area contributed by atoms with Gasteiger partial charge in [-0.2, -0.15) is 0 Å². The van der Waals surface area contributed by atoms with E-state index in [9.17, 15) is 4.39 Å². The van der Waals surface area contributed by atoms with Crippen molar-refractivity contribution in [2.75, 3.05) is 54.0 Å². The Hall–Kier alpha value is -1.13. The second kappa shape index (κ2) is 15.0. The summed E-state index contributed by atoms with van der Waals surface area (Å²) < 4.78 is 23.7. The van der Waals surface area contributed by atoms with E-state index in [1.807, 2.05) is 6.92 Å². The van der Waals surface area contributed by atoms with Gasteiger partial charge in [0.2, 0.25) is 0 Å². The second-order valence-electron chi connectivity index (χ2n) is 5.91. The van der Waals surface area contributed by atoms with Gasteiger partial charge in [-0.25, -0.2) is 4.39 Å². The standard InChI is InChI=1S/C18H31FN4O2.HI/c1-15(25-17-8-6-16(19)7-9-17)14-22-18(20-2)21-10-12-23(3)11-5-13-24-4;/h6-9,15H,5,10-14H2,1-4H3,(H2,20,21,22);1H. The quantitative estimate of drug-likeness (QED) is 0.220. The Labute approximate surface area is 173 Å². The first-order chi connectivity index (χ1) is 12.0. The Morgan fingerprint density at radius 3 is 2.54 bits per heavy atom. The Balaban J connectivity index is 0.00000625. The van der Waals surface area contributed by atoms with Gasteiger partial charge in [-0.3, -0.25) is 4.99 Å². The first-order valence-corrected chi connectivity index (χ1v) is 8.59. The van der Waals surface area contributed by atoms with Gasteiger partial charge in [0.15, 0.2) is 5.96 Å². The molecule has 0 aliphatic carbocycles. The Morgan fingerprint density at radius 2 is 1.92 bits per heavy atom. The van der Waals surface area contributed by atoms with Crippen molar-refractivity contribution in [2.24, 2.45) is 4.99 Å². The summed E-state index contributed by atoms with van der Waals surface area (Å²) >= 11 is 0. The highest BCUT2D eigenvalue weighted by Crippen LogP contribution is 2.12. The molecule has 1 aromatic rings. The van der Waals surface area contributed by atoms with Gasteiger partial charge < -0.3 is 25.0 Å². The highest BCUT2D eigenvalue weighted by molar-refractivity contribution is 14.0. The average Bonchev–Trinajstić information content (AvgIpc) is 2.60. The number of ether oxygens (including phenoxy) is 2. The van der Waals surface area contributed by atoms with Crippen molar-refractivity contribution in [1.82, 2.24) is 15.5 Å². The van der Waals surface area contributed by atoms with Crippen LogP contribution in [0.1, 0.15) is 13.3 Å². The molecule has 26 heavy (non-hydrogen) atoms. The number of aliphatic imine (C=N–C) groups is 1. The number of nitrogens with zero attached hydrogens (tertiary/aromatic N) is 2. The number of halogens is 2. The van der Waals surface area contributed by atoms with Gasteiger partial charge in [-0.05, 0) is 44.7 Å². The summed E-state index contributed by atoms with van der Waals surface area (Å²) in [5.41, 5.74) is 0. The van der Waals surface area contributed by atoms with Crippen LogP contribution >= 0.6 is 24.0 Å². The van der Waals surface area contributed by atoms with E-state index < -0.39 is 0 Å². The monoisotopic (exact) mass is 482 g/mol. The lowest BCUT2D eigenvalue weighted by Gasteiger charge is -2.20. The minimum atomic E-state index is -0.269. The van der Waals surface area contributed by atoms with Gasteiger partial charge in [0.25, 0.3) is 0 Å². The normalized spacial score (nSPS) is 12.5. The van der Waals surface area contributed by atoms with Crippen LogP contribution in [-0.2, 0) is 4.74 Å². The van der Waals surface area contributed by atoms with Crippen molar-refractivity contribution in [2.45, 2.75) is 19.4 Å². The number of benzene rings is 1. The Morgan fingerprint density at radius 1 is 1.23 bits per heavy atom. The van der Waals surface area contributed by atoms with E-state index in [2.05, 4.69) is 27.6 Å². The molecular weight excluding hydrogens is 450 g/mol. The molecule has 0 fully saturated rings. The van der Waals surface area contributed by atoms with Crippen molar-refractivity contribution in [1.29, 1.82) is 0 Å². The first-order valence-electron chi connectivity index (χ1n) is 8.59. The van der Waals surface area contributed by atoms with Crippen LogP contribution in [0.2, 0.25) is 0 Å². The van der Waals surface area contributed by atoms with E-state index in [4.69, 9.17) is 9.47 Å². The molecule has 2 N–H and O–H groups in total. The summed E-state index contributed by atoms with van der Waals surface area (Å²) in [5.74, 6) is 1.12. The summed E-state index contributed by atoms with van der Waals surface area (Å²) in [4.78, 5) is 6.45. The zero-order valence-electron chi connectivity index (χ0n) is 16.1. The maximum absolute atomic E-state index is 12.9. The molecule has 0 aliphatic heterocycles. The van der Waals surface area contributed by atoms with Crippen LogP contribution in [0.4, 0.5) is 4.39 Å². The van der Waals surface area contributed by atoms with Crippen LogP contribution in [0, 0.1) is 5.82 Å². The zero-order valence-corrected chi connectivity index (χ0v) is 18.5. The highest BCUT2D eigenvalue weighted by atomic mass is 127. The number of methoxy groups -OCH3 is 1. The number of likely N-dealkylation sites (N-methyl/N-ethyl adjacent to an activating group) is 1. The van der Waals surface area contributed by atoms with E-state index >= 15 is 0 Å². The van der Waals surface area contributed by atoms with Crippen molar-refractivity contribution >= 4 is 29.9 Å². The lowest BCUT2D eigenvalue weighted by Crippen LogP contribution is -2.44. The largest absolute Gasteiger partial charge is 0.489 e. The average molecular weight is 482 g/mol. The molecule has 0 radical (unpaired) electrons. The van der Waals surface area contributed by atoms with E-state index in [1.54, 1.807) is 26.3 Å². The van der Waals surface area contributed by atoms with Crippen LogP contribution < -0.4 is 15.4 Å². The van der Waals surface area contributed by atoms with Gasteiger partial charge in [0.1, 0.15) is 17.7 Å². The second-order valence-corrected chi connectivity index (χ2v) is 5.91. The maximum Gasteiger partial charge on any atom is 0.191 e. The van der Waals surface area contributed by atoms with Gasteiger partial charge in [-0.15, -0.1) is 24.0 Å². The van der Waals surface area contributed by atoms with E-state index in [-0.39, 0.29) is 35.9 Å². The van der Waals surface area contributed by atoms with Crippen molar-refractivity contribution < 1.29 is 13.9 Å². The third-order valence-electron chi connectivity index (χ3n) is 3.61. The van der Waals surface area contributed by atoms with Gasteiger partial charge in [0.05, 0.1) is 6.54 Å². The predicted molar refractivity (Wildman–Crippen MR) is 115 cm³/mol. The van der Waals surface area contributed by atoms with E-state index in [0.29, 0.717) is 12.3 Å². The van der Waals surface area contributed by atoms with Crippen LogP contribution in [-0.4, -0.2) is 71.0 Å². The van der Waals surface area contributed by atoms with Crippen LogP contribution in [0.15, 0.2) is 29.3 Å². The fourth-order valence-electron chi connectivity index (χ4n) is 2.20. The maximum atomic E-state index is 12.9. The molecule has 0 amide bonds. The molecule has 150 valence electrons. The molecule has 0 bridgehead atoms. The lowest BCUT2D eigenvalue weighted by molar-refractivity contribution is 0.180. The predicted octanol–water partition coefficient (Wildman–Crippen LogP) is 2.34. The van der Waals surface area contributed by atoms with Crippen LogP contribution in [0.5, 0.6) is 5.75 Å². The molecule has 0 spiro atoms. The van der Waals surface area contributed by atoms with E-state index in [1.165, 1.54) is 12.1 Å². The van der Waals surface area contributed by atoms with Gasteiger partial charge in [-0.1, -0.05) is 0 Å². The molecule has 1 atom stereocenters. The third kappa shape index (κ3) is 11.5. The number of rotatable bonds is 11. The SMILES string of the molecule is CN=C(NCCN(C)CCCOC)NCC(C)Oc1ccc(F)cc1.I.